The zero-order valence-corrected chi connectivity index (χ0v) is 18.7. The van der Waals surface area contributed by atoms with Crippen LogP contribution in [0.4, 0.5) is 11.9 Å². The van der Waals surface area contributed by atoms with Gasteiger partial charge in [-0.3, -0.25) is 9.78 Å². The van der Waals surface area contributed by atoms with E-state index in [0.29, 0.717) is 18.5 Å². The van der Waals surface area contributed by atoms with E-state index in [9.17, 15) is 4.79 Å². The molecule has 1 saturated heterocycles. The number of benzene rings is 2. The molecule has 3 heterocycles. The predicted octanol–water partition coefficient (Wildman–Crippen LogP) is 3.93. The zero-order valence-electron chi connectivity index (χ0n) is 17.9. The quantitative estimate of drug-likeness (QED) is 0.501. The first kappa shape index (κ1) is 20.6. The Morgan fingerprint density at radius 1 is 1.09 bits per heavy atom. The fraction of sp³-hybridized carbons (Fsp3) is 0.292. The Balaban J connectivity index is 1.40. The molecule has 32 heavy (non-hydrogen) atoms. The minimum atomic E-state index is -0.132. The van der Waals surface area contributed by atoms with Gasteiger partial charge in [0, 0.05) is 43.5 Å². The molecule has 2 aromatic heterocycles. The smallest absolute Gasteiger partial charge is 0.252 e. The number of hydrogen-bond donors (Lipinski definition) is 1. The summed E-state index contributed by atoms with van der Waals surface area (Å²) in [6.45, 7) is 2.42. The van der Waals surface area contributed by atoms with Crippen LogP contribution >= 0.6 is 11.6 Å². The number of imidazole rings is 1. The lowest BCUT2D eigenvalue weighted by Crippen LogP contribution is -2.45. The van der Waals surface area contributed by atoms with Crippen molar-refractivity contribution in [1.82, 2.24) is 19.5 Å². The van der Waals surface area contributed by atoms with Crippen molar-refractivity contribution in [1.29, 1.82) is 0 Å². The normalized spacial score (nSPS) is 14.8. The van der Waals surface area contributed by atoms with E-state index in [-0.39, 0.29) is 5.56 Å². The van der Waals surface area contributed by atoms with Crippen molar-refractivity contribution in [3.63, 3.8) is 0 Å². The molecular formula is C24H25ClN6O. The molecule has 5 rings (SSSR count). The Hall–Kier alpha value is -3.32. The van der Waals surface area contributed by atoms with Crippen LogP contribution in [0.1, 0.15) is 18.4 Å². The number of nitrogens with zero attached hydrogens (tertiary/aromatic N) is 5. The number of H-pyrrole nitrogens is 1. The highest BCUT2D eigenvalue weighted by atomic mass is 35.5. The van der Waals surface area contributed by atoms with Gasteiger partial charge >= 0.3 is 0 Å². The number of halogens is 1. The minimum absolute atomic E-state index is 0.132. The van der Waals surface area contributed by atoms with E-state index in [1.54, 1.807) is 6.20 Å². The van der Waals surface area contributed by atoms with Gasteiger partial charge in [0.25, 0.3) is 5.56 Å². The van der Waals surface area contributed by atoms with E-state index in [4.69, 9.17) is 16.6 Å². The van der Waals surface area contributed by atoms with Crippen LogP contribution < -0.4 is 15.4 Å². The van der Waals surface area contributed by atoms with E-state index in [1.807, 2.05) is 37.4 Å². The number of aromatic amines is 1. The maximum absolute atomic E-state index is 11.7. The molecule has 2 aromatic carbocycles. The highest BCUT2D eigenvalue weighted by Gasteiger charge is 2.27. The Labute approximate surface area is 191 Å². The van der Waals surface area contributed by atoms with Crippen molar-refractivity contribution in [2.24, 2.45) is 0 Å². The second-order valence-corrected chi connectivity index (χ2v) is 8.57. The lowest BCUT2D eigenvalue weighted by atomic mass is 10.0. The third-order valence-corrected chi connectivity index (χ3v) is 6.58. The van der Waals surface area contributed by atoms with Gasteiger partial charge in [-0.15, -0.1) is 0 Å². The minimum Gasteiger partial charge on any atom is -0.342 e. The molecule has 1 aliphatic rings. The third kappa shape index (κ3) is 3.96. The standard InChI is InChI=1S/C24H25ClN6O/c1-29(23-26-13-10-22(32)28-23)18-11-14-30(15-12-18)24-27-20-8-4-5-9-21(20)31(24)16-17-6-2-3-7-19(17)25/h2-10,13,18H,11-12,14-16H2,1H3,(H,26,28,32). The van der Waals surface area contributed by atoms with Crippen LogP contribution in [0.25, 0.3) is 11.0 Å². The Morgan fingerprint density at radius 2 is 1.84 bits per heavy atom. The molecule has 164 valence electrons. The van der Waals surface area contributed by atoms with Crippen LogP contribution in [0.2, 0.25) is 5.02 Å². The number of para-hydroxylation sites is 2. The molecule has 0 atom stereocenters. The lowest BCUT2D eigenvalue weighted by molar-refractivity contribution is 0.469. The van der Waals surface area contributed by atoms with Crippen LogP contribution in [0.15, 0.2) is 65.6 Å². The summed E-state index contributed by atoms with van der Waals surface area (Å²) in [4.78, 5) is 28.2. The second-order valence-electron chi connectivity index (χ2n) is 8.16. The zero-order chi connectivity index (χ0) is 22.1. The average Bonchev–Trinajstić information content (AvgIpc) is 3.18. The second kappa shape index (κ2) is 8.67. The Morgan fingerprint density at radius 3 is 2.62 bits per heavy atom. The molecule has 1 N–H and O–H groups in total. The van der Waals surface area contributed by atoms with Gasteiger partial charge in [-0.1, -0.05) is 41.9 Å². The maximum Gasteiger partial charge on any atom is 0.252 e. The molecule has 1 fully saturated rings. The van der Waals surface area contributed by atoms with E-state index in [1.165, 1.54) is 6.07 Å². The van der Waals surface area contributed by atoms with Gasteiger partial charge in [-0.2, -0.15) is 0 Å². The van der Waals surface area contributed by atoms with E-state index < -0.39 is 0 Å². The van der Waals surface area contributed by atoms with Crippen LogP contribution in [-0.4, -0.2) is 45.7 Å². The molecule has 0 saturated carbocycles. The summed E-state index contributed by atoms with van der Waals surface area (Å²) in [6, 6.07) is 17.9. The van der Waals surface area contributed by atoms with Crippen molar-refractivity contribution in [2.45, 2.75) is 25.4 Å². The molecule has 4 aromatic rings. The molecule has 1 aliphatic heterocycles. The van der Waals surface area contributed by atoms with Gasteiger partial charge in [-0.05, 0) is 36.6 Å². The molecule has 8 heteroatoms. The number of piperidine rings is 1. The van der Waals surface area contributed by atoms with Crippen LogP contribution in [0.3, 0.4) is 0 Å². The summed E-state index contributed by atoms with van der Waals surface area (Å²) in [5, 5.41) is 0.765. The highest BCUT2D eigenvalue weighted by Crippen LogP contribution is 2.29. The number of anilines is 2. The molecule has 0 aliphatic carbocycles. The van der Waals surface area contributed by atoms with Gasteiger partial charge in [0.2, 0.25) is 11.9 Å². The van der Waals surface area contributed by atoms with Gasteiger partial charge in [0.05, 0.1) is 17.6 Å². The van der Waals surface area contributed by atoms with Gasteiger partial charge in [0.1, 0.15) is 0 Å². The Kier molecular flexibility index (Phi) is 5.57. The topological polar surface area (TPSA) is 70.1 Å². The van der Waals surface area contributed by atoms with Crippen LogP contribution in [0.5, 0.6) is 0 Å². The molecular weight excluding hydrogens is 424 g/mol. The molecule has 0 spiro atoms. The summed E-state index contributed by atoms with van der Waals surface area (Å²) in [5.41, 5.74) is 3.03. The van der Waals surface area contributed by atoms with Crippen molar-refractivity contribution in [3.05, 3.63) is 81.7 Å². The predicted molar refractivity (Wildman–Crippen MR) is 129 cm³/mol. The average molecular weight is 449 g/mol. The molecule has 7 nitrogen and oxygen atoms in total. The van der Waals surface area contributed by atoms with Crippen molar-refractivity contribution < 1.29 is 0 Å². The number of fused-ring (bicyclic) bond motifs is 1. The fourth-order valence-corrected chi connectivity index (χ4v) is 4.62. The molecule has 0 radical (unpaired) electrons. The highest BCUT2D eigenvalue weighted by molar-refractivity contribution is 6.31. The van der Waals surface area contributed by atoms with Crippen LogP contribution in [0, 0.1) is 0 Å². The SMILES string of the molecule is CN(c1nccc(=O)[nH]1)C1CCN(c2nc3ccccc3n2Cc2ccccc2Cl)CC1. The van der Waals surface area contributed by atoms with Gasteiger partial charge in [0.15, 0.2) is 0 Å². The lowest BCUT2D eigenvalue weighted by Gasteiger charge is -2.37. The third-order valence-electron chi connectivity index (χ3n) is 6.21. The number of hydrogen-bond acceptors (Lipinski definition) is 5. The first-order valence-electron chi connectivity index (χ1n) is 10.8. The maximum atomic E-state index is 11.7. The van der Waals surface area contributed by atoms with E-state index in [2.05, 4.69) is 42.5 Å². The van der Waals surface area contributed by atoms with Crippen molar-refractivity contribution >= 4 is 34.5 Å². The van der Waals surface area contributed by atoms with E-state index >= 15 is 0 Å². The monoisotopic (exact) mass is 448 g/mol. The summed E-state index contributed by atoms with van der Waals surface area (Å²) < 4.78 is 2.26. The van der Waals surface area contributed by atoms with E-state index in [0.717, 1.165) is 53.5 Å². The summed E-state index contributed by atoms with van der Waals surface area (Å²) in [7, 11) is 1.99. The van der Waals surface area contributed by atoms with Crippen LogP contribution in [-0.2, 0) is 6.54 Å². The first-order valence-corrected chi connectivity index (χ1v) is 11.2. The Bertz CT molecular complexity index is 1290. The van der Waals surface area contributed by atoms with Gasteiger partial charge in [-0.25, -0.2) is 9.97 Å². The van der Waals surface area contributed by atoms with Crippen molar-refractivity contribution in [2.75, 3.05) is 29.9 Å². The number of rotatable bonds is 5. The van der Waals surface area contributed by atoms with Gasteiger partial charge < -0.3 is 14.4 Å². The number of aromatic nitrogens is 4. The first-order chi connectivity index (χ1) is 15.6. The largest absolute Gasteiger partial charge is 0.342 e. The fourth-order valence-electron chi connectivity index (χ4n) is 4.42. The number of nitrogens with one attached hydrogen (secondary N) is 1. The molecule has 0 unspecified atom stereocenters. The molecule has 0 bridgehead atoms. The van der Waals surface area contributed by atoms with Crippen molar-refractivity contribution in [3.8, 4) is 0 Å². The summed E-state index contributed by atoms with van der Waals surface area (Å²) in [5.74, 6) is 1.58. The summed E-state index contributed by atoms with van der Waals surface area (Å²) in [6.07, 6.45) is 3.45. The molecule has 0 amide bonds. The summed E-state index contributed by atoms with van der Waals surface area (Å²) >= 11 is 6.47.